The summed E-state index contributed by atoms with van der Waals surface area (Å²) in [5.41, 5.74) is 5.83. The van der Waals surface area contributed by atoms with Crippen molar-refractivity contribution in [2.45, 2.75) is 70.4 Å². The molecule has 12 heteroatoms. The van der Waals surface area contributed by atoms with Gasteiger partial charge in [-0.25, -0.2) is 0 Å². The van der Waals surface area contributed by atoms with Crippen LogP contribution in [0.25, 0.3) is 0 Å². The number of carbonyl (C=O) groups excluding carboxylic acids is 3. The van der Waals surface area contributed by atoms with E-state index in [9.17, 15) is 24.0 Å². The maximum Gasteiger partial charge on any atom is 0.322 e. The fourth-order valence-corrected chi connectivity index (χ4v) is 4.07. The first-order valence-electron chi connectivity index (χ1n) is 13.0. The molecule has 0 aromatic heterocycles. The molecule has 0 aliphatic carbocycles. The van der Waals surface area contributed by atoms with Gasteiger partial charge in [0, 0.05) is 17.7 Å². The number of ether oxygens (including phenoxy) is 1. The summed E-state index contributed by atoms with van der Waals surface area (Å²) in [6.45, 7) is 2.12. The lowest BCUT2D eigenvalue weighted by atomic mass is 10.1. The van der Waals surface area contributed by atoms with Crippen molar-refractivity contribution in [1.29, 1.82) is 0 Å². The van der Waals surface area contributed by atoms with Gasteiger partial charge in [-0.2, -0.15) is 0 Å². The summed E-state index contributed by atoms with van der Waals surface area (Å²) in [6.07, 6.45) is 7.88. The number of carbonyl (C=O) groups is 5. The summed E-state index contributed by atoms with van der Waals surface area (Å²) in [6, 6.07) is 4.52. The third-order valence-corrected chi connectivity index (χ3v) is 6.38. The highest BCUT2D eigenvalue weighted by atomic mass is 32.2. The molecule has 0 saturated heterocycles. The maximum absolute atomic E-state index is 12.6. The molecular formula is C27H39N3O8S. The van der Waals surface area contributed by atoms with Gasteiger partial charge in [0.15, 0.2) is 5.78 Å². The number of allylic oxidation sites excluding steroid dienone is 1. The first-order chi connectivity index (χ1) is 18.6. The zero-order valence-electron chi connectivity index (χ0n) is 22.2. The third kappa shape index (κ3) is 15.6. The SMILES string of the molecule is CCCCCCCCOc1cccc(C(=O)/C=C/SC[C@H](NC(=O)CC[C@H](N)C(=O)O)C(=O)NCC(=O)O)c1. The van der Waals surface area contributed by atoms with Crippen molar-refractivity contribution in [1.82, 2.24) is 10.6 Å². The molecule has 2 atom stereocenters. The number of amides is 2. The molecule has 0 unspecified atom stereocenters. The molecule has 6 N–H and O–H groups in total. The van der Waals surface area contributed by atoms with Gasteiger partial charge in [0.2, 0.25) is 11.8 Å². The van der Waals surface area contributed by atoms with Gasteiger partial charge in [-0.05, 0) is 36.5 Å². The zero-order valence-corrected chi connectivity index (χ0v) is 23.0. The van der Waals surface area contributed by atoms with E-state index in [1.165, 1.54) is 37.2 Å². The second-order valence-electron chi connectivity index (χ2n) is 8.86. The van der Waals surface area contributed by atoms with E-state index >= 15 is 0 Å². The van der Waals surface area contributed by atoms with Crippen molar-refractivity contribution in [3.63, 3.8) is 0 Å². The monoisotopic (exact) mass is 565 g/mol. The van der Waals surface area contributed by atoms with Crippen LogP contribution in [-0.4, -0.2) is 70.7 Å². The van der Waals surface area contributed by atoms with E-state index in [1.54, 1.807) is 24.3 Å². The highest BCUT2D eigenvalue weighted by molar-refractivity contribution is 8.02. The highest BCUT2D eigenvalue weighted by Crippen LogP contribution is 2.16. The molecule has 0 saturated carbocycles. The van der Waals surface area contributed by atoms with Crippen LogP contribution in [0.3, 0.4) is 0 Å². The van der Waals surface area contributed by atoms with E-state index in [-0.39, 0.29) is 24.4 Å². The lowest BCUT2D eigenvalue weighted by molar-refractivity contribution is -0.139. The molecule has 1 aromatic rings. The summed E-state index contributed by atoms with van der Waals surface area (Å²) < 4.78 is 5.76. The molecule has 39 heavy (non-hydrogen) atoms. The van der Waals surface area contributed by atoms with Gasteiger partial charge in [0.25, 0.3) is 0 Å². The Kier molecular flexibility index (Phi) is 17.0. The summed E-state index contributed by atoms with van der Waals surface area (Å²) in [5, 5.41) is 23.8. The summed E-state index contributed by atoms with van der Waals surface area (Å²) >= 11 is 1.07. The molecule has 1 rings (SSSR count). The van der Waals surface area contributed by atoms with Crippen molar-refractivity contribution in [3.05, 3.63) is 41.3 Å². The molecule has 11 nitrogen and oxygen atoms in total. The van der Waals surface area contributed by atoms with Gasteiger partial charge in [-0.3, -0.25) is 24.0 Å². The largest absolute Gasteiger partial charge is 0.494 e. The molecule has 0 aliphatic heterocycles. The Morgan fingerprint density at radius 1 is 1.08 bits per heavy atom. The number of hydrogen-bond acceptors (Lipinski definition) is 8. The van der Waals surface area contributed by atoms with Crippen molar-refractivity contribution in [3.8, 4) is 5.75 Å². The molecule has 0 spiro atoms. The zero-order chi connectivity index (χ0) is 29.0. The number of benzene rings is 1. The molecular weight excluding hydrogens is 526 g/mol. The van der Waals surface area contributed by atoms with Crippen molar-refractivity contribution in [2.24, 2.45) is 5.73 Å². The minimum absolute atomic E-state index is 0.00730. The topological polar surface area (TPSA) is 185 Å². The maximum atomic E-state index is 12.6. The summed E-state index contributed by atoms with van der Waals surface area (Å²) in [7, 11) is 0. The number of rotatable bonds is 21. The van der Waals surface area contributed by atoms with Crippen molar-refractivity contribution in [2.75, 3.05) is 18.9 Å². The molecule has 0 aliphatic rings. The molecule has 0 radical (unpaired) electrons. The van der Waals surface area contributed by atoms with Gasteiger partial charge in [-0.1, -0.05) is 51.2 Å². The van der Waals surface area contributed by atoms with E-state index in [1.807, 2.05) is 0 Å². The van der Waals surface area contributed by atoms with Crippen LogP contribution in [0.4, 0.5) is 0 Å². The quantitative estimate of drug-likeness (QED) is 0.0843. The number of aliphatic carboxylic acids is 2. The normalized spacial score (nSPS) is 12.5. The van der Waals surface area contributed by atoms with E-state index in [4.69, 9.17) is 20.7 Å². The Labute approximate surface area is 232 Å². The second kappa shape index (κ2) is 19.7. The lowest BCUT2D eigenvalue weighted by Gasteiger charge is -2.17. The fraction of sp³-hybridized carbons (Fsp3) is 0.519. The summed E-state index contributed by atoms with van der Waals surface area (Å²) in [4.78, 5) is 58.7. The number of nitrogens with one attached hydrogen (secondary N) is 2. The van der Waals surface area contributed by atoms with E-state index in [0.29, 0.717) is 17.9 Å². The van der Waals surface area contributed by atoms with Crippen LogP contribution in [0.15, 0.2) is 35.7 Å². The fourth-order valence-electron chi connectivity index (χ4n) is 3.31. The predicted octanol–water partition coefficient (Wildman–Crippen LogP) is 2.73. The van der Waals surface area contributed by atoms with E-state index in [2.05, 4.69) is 17.6 Å². The number of hydrogen-bond donors (Lipinski definition) is 5. The van der Waals surface area contributed by atoms with Gasteiger partial charge in [0.05, 0.1) is 6.61 Å². The van der Waals surface area contributed by atoms with Crippen LogP contribution in [-0.2, 0) is 19.2 Å². The number of carboxylic acids is 2. The second-order valence-corrected chi connectivity index (χ2v) is 9.80. The van der Waals surface area contributed by atoms with E-state index in [0.717, 1.165) is 24.6 Å². The van der Waals surface area contributed by atoms with Crippen LogP contribution >= 0.6 is 11.8 Å². The summed E-state index contributed by atoms with van der Waals surface area (Å²) in [5.74, 6) is -3.50. The number of thioether (sulfide) groups is 1. The Balaban J connectivity index is 2.61. The number of ketones is 1. The van der Waals surface area contributed by atoms with Crippen LogP contribution < -0.4 is 21.1 Å². The highest BCUT2D eigenvalue weighted by Gasteiger charge is 2.22. The molecule has 1 aromatic carbocycles. The molecule has 0 heterocycles. The van der Waals surface area contributed by atoms with Gasteiger partial charge in [0.1, 0.15) is 24.4 Å². The first kappa shape index (κ1) is 33.6. The van der Waals surface area contributed by atoms with E-state index < -0.39 is 42.4 Å². The number of unbranched alkanes of at least 4 members (excludes halogenated alkanes) is 5. The standard InChI is InChI=1S/C27H39N3O8S/c1-2-3-4-5-6-7-14-38-20-10-8-9-19(16-20)23(31)13-15-39-18-22(26(35)29-17-25(33)34)30-24(32)12-11-21(28)27(36)37/h8-10,13,15-16,21-22H,2-7,11-12,14,17-18,28H2,1H3,(H,29,35)(H,30,32)(H,33,34)(H,36,37)/b15-13+/t21-,22-/m0/s1. The molecule has 0 fully saturated rings. The van der Waals surface area contributed by atoms with Gasteiger partial charge in [-0.15, -0.1) is 11.8 Å². The van der Waals surface area contributed by atoms with Gasteiger partial charge >= 0.3 is 11.9 Å². The average molecular weight is 566 g/mol. The predicted molar refractivity (Wildman–Crippen MR) is 149 cm³/mol. The Morgan fingerprint density at radius 2 is 1.79 bits per heavy atom. The van der Waals surface area contributed by atoms with Crippen molar-refractivity contribution >= 4 is 41.3 Å². The lowest BCUT2D eigenvalue weighted by Crippen LogP contribution is -2.49. The first-order valence-corrected chi connectivity index (χ1v) is 14.0. The van der Waals surface area contributed by atoms with Crippen LogP contribution in [0, 0.1) is 0 Å². The molecule has 216 valence electrons. The average Bonchev–Trinajstić information content (AvgIpc) is 2.91. The minimum atomic E-state index is -1.25. The molecule has 0 bridgehead atoms. The number of nitrogens with two attached hydrogens (primary N) is 1. The Hall–Kier alpha value is -3.38. The van der Waals surface area contributed by atoms with Crippen molar-refractivity contribution < 1.29 is 38.9 Å². The smallest absolute Gasteiger partial charge is 0.322 e. The van der Waals surface area contributed by atoms with Gasteiger partial charge < -0.3 is 31.3 Å². The Bertz CT molecular complexity index is 986. The Morgan fingerprint density at radius 3 is 2.49 bits per heavy atom. The minimum Gasteiger partial charge on any atom is -0.494 e. The van der Waals surface area contributed by atoms with Crippen LogP contribution in [0.2, 0.25) is 0 Å². The van der Waals surface area contributed by atoms with Crippen LogP contribution in [0.1, 0.15) is 68.6 Å². The molecule has 2 amide bonds. The van der Waals surface area contributed by atoms with Crippen LogP contribution in [0.5, 0.6) is 5.75 Å². The number of carboxylic acid groups (broad SMARTS) is 2. The third-order valence-electron chi connectivity index (χ3n) is 5.53.